The van der Waals surface area contributed by atoms with Crippen molar-refractivity contribution in [2.45, 2.75) is 37.0 Å². The SMILES string of the molecule is CCc1ccc(-c2cc(C)no2)cc1S(=O)(=O)N1CC(C)CSc2ccccc21. The zero-order valence-electron chi connectivity index (χ0n) is 16.8. The molecule has 0 saturated heterocycles. The summed E-state index contributed by atoms with van der Waals surface area (Å²) in [5.74, 6) is 1.70. The summed E-state index contributed by atoms with van der Waals surface area (Å²) < 4.78 is 34.7. The van der Waals surface area contributed by atoms with Gasteiger partial charge in [-0.3, -0.25) is 4.31 Å². The average Bonchev–Trinajstić information content (AvgIpc) is 3.08. The molecule has 0 N–H and O–H groups in total. The third-order valence-electron chi connectivity index (χ3n) is 5.06. The van der Waals surface area contributed by atoms with E-state index in [4.69, 9.17) is 4.52 Å². The number of anilines is 1. The van der Waals surface area contributed by atoms with Crippen molar-refractivity contribution in [3.63, 3.8) is 0 Å². The summed E-state index contributed by atoms with van der Waals surface area (Å²) in [7, 11) is -3.74. The van der Waals surface area contributed by atoms with Gasteiger partial charge in [-0.05, 0) is 43.0 Å². The van der Waals surface area contributed by atoms with Crippen LogP contribution in [0.3, 0.4) is 0 Å². The van der Waals surface area contributed by atoms with E-state index in [0.717, 1.165) is 27.6 Å². The second kappa shape index (κ2) is 7.88. The van der Waals surface area contributed by atoms with E-state index in [1.807, 2.05) is 56.3 Å². The molecule has 0 bridgehead atoms. The molecule has 0 aliphatic carbocycles. The van der Waals surface area contributed by atoms with Crippen molar-refractivity contribution >= 4 is 27.5 Å². The van der Waals surface area contributed by atoms with Gasteiger partial charge in [0, 0.05) is 28.8 Å². The Labute approximate surface area is 176 Å². The number of rotatable bonds is 4. The van der Waals surface area contributed by atoms with Crippen LogP contribution in [0.4, 0.5) is 5.69 Å². The van der Waals surface area contributed by atoms with Gasteiger partial charge in [0.25, 0.3) is 10.0 Å². The van der Waals surface area contributed by atoms with Gasteiger partial charge >= 0.3 is 0 Å². The van der Waals surface area contributed by atoms with Crippen LogP contribution in [0.5, 0.6) is 0 Å². The average molecular weight is 429 g/mol. The Hall–Kier alpha value is -2.25. The second-order valence-corrected chi connectivity index (χ2v) is 10.3. The molecule has 1 aliphatic heterocycles. The molecular weight excluding hydrogens is 404 g/mol. The largest absolute Gasteiger partial charge is 0.356 e. The maximum absolute atomic E-state index is 13.9. The van der Waals surface area contributed by atoms with E-state index in [0.29, 0.717) is 29.2 Å². The first-order valence-electron chi connectivity index (χ1n) is 9.71. The van der Waals surface area contributed by atoms with Crippen molar-refractivity contribution in [3.8, 4) is 11.3 Å². The molecule has 0 saturated carbocycles. The molecular formula is C22H24N2O3S2. The first-order chi connectivity index (χ1) is 13.9. The molecule has 1 atom stereocenters. The summed E-state index contributed by atoms with van der Waals surface area (Å²) in [5.41, 5.74) is 3.03. The van der Waals surface area contributed by atoms with Gasteiger partial charge in [-0.2, -0.15) is 0 Å². The lowest BCUT2D eigenvalue weighted by molar-refractivity contribution is 0.427. The zero-order chi connectivity index (χ0) is 20.6. The molecule has 29 heavy (non-hydrogen) atoms. The van der Waals surface area contributed by atoms with Crippen molar-refractivity contribution in [3.05, 3.63) is 59.8 Å². The molecule has 3 aromatic rings. The molecule has 5 nitrogen and oxygen atoms in total. The standard InChI is InChI=1S/C22H24N2O3S2/c1-4-17-9-10-18(20-11-16(3)23-27-20)12-22(17)29(25,26)24-13-15(2)14-28-21-8-6-5-7-19(21)24/h5-12,15H,4,13-14H2,1-3H3. The molecule has 1 unspecified atom stereocenters. The lowest BCUT2D eigenvalue weighted by Gasteiger charge is -2.27. The van der Waals surface area contributed by atoms with E-state index in [9.17, 15) is 8.42 Å². The maximum Gasteiger partial charge on any atom is 0.264 e. The lowest BCUT2D eigenvalue weighted by Crippen LogP contribution is -2.35. The van der Waals surface area contributed by atoms with Gasteiger partial charge in [0.05, 0.1) is 16.3 Å². The molecule has 7 heteroatoms. The van der Waals surface area contributed by atoms with E-state index in [1.54, 1.807) is 22.1 Å². The first kappa shape index (κ1) is 20.0. The number of fused-ring (bicyclic) bond motifs is 1. The number of aromatic nitrogens is 1. The molecule has 1 aliphatic rings. The van der Waals surface area contributed by atoms with Crippen LogP contribution in [-0.4, -0.2) is 25.9 Å². The number of hydrogen-bond donors (Lipinski definition) is 0. The molecule has 0 radical (unpaired) electrons. The summed E-state index contributed by atoms with van der Waals surface area (Å²) in [5, 5.41) is 3.93. The van der Waals surface area contributed by atoms with Gasteiger partial charge < -0.3 is 4.52 Å². The molecule has 1 aromatic heterocycles. The van der Waals surface area contributed by atoms with Crippen LogP contribution < -0.4 is 4.31 Å². The topological polar surface area (TPSA) is 63.4 Å². The Bertz CT molecular complexity index is 1140. The summed E-state index contributed by atoms with van der Waals surface area (Å²) >= 11 is 1.72. The van der Waals surface area contributed by atoms with E-state index in [-0.39, 0.29) is 5.92 Å². The number of nitrogens with zero attached hydrogens (tertiary/aromatic N) is 2. The van der Waals surface area contributed by atoms with Gasteiger partial charge in [-0.1, -0.05) is 43.3 Å². The predicted octanol–water partition coefficient (Wildman–Crippen LogP) is 5.15. The Morgan fingerprint density at radius 3 is 2.72 bits per heavy atom. The van der Waals surface area contributed by atoms with Gasteiger partial charge in [0.2, 0.25) is 0 Å². The highest BCUT2D eigenvalue weighted by Crippen LogP contribution is 2.39. The minimum absolute atomic E-state index is 0.243. The minimum Gasteiger partial charge on any atom is -0.356 e. The first-order valence-corrected chi connectivity index (χ1v) is 12.1. The smallest absolute Gasteiger partial charge is 0.264 e. The molecule has 0 amide bonds. The van der Waals surface area contributed by atoms with E-state index in [2.05, 4.69) is 12.1 Å². The molecule has 2 heterocycles. The highest BCUT2D eigenvalue weighted by molar-refractivity contribution is 7.99. The highest BCUT2D eigenvalue weighted by Gasteiger charge is 2.32. The van der Waals surface area contributed by atoms with E-state index < -0.39 is 10.0 Å². The fourth-order valence-corrected chi connectivity index (χ4v) is 6.59. The van der Waals surface area contributed by atoms with Gasteiger partial charge in [0.1, 0.15) is 0 Å². The van der Waals surface area contributed by atoms with Gasteiger partial charge in [-0.15, -0.1) is 11.8 Å². The number of aryl methyl sites for hydroxylation is 2. The van der Waals surface area contributed by atoms with Crippen LogP contribution in [0.15, 0.2) is 62.8 Å². The van der Waals surface area contributed by atoms with E-state index in [1.165, 1.54) is 0 Å². The Kier molecular flexibility index (Phi) is 5.44. The fourth-order valence-electron chi connectivity index (χ4n) is 3.54. The van der Waals surface area contributed by atoms with Crippen molar-refractivity contribution in [2.24, 2.45) is 5.92 Å². The Morgan fingerprint density at radius 2 is 2.00 bits per heavy atom. The molecule has 4 rings (SSSR count). The van der Waals surface area contributed by atoms with Crippen LogP contribution in [0.1, 0.15) is 25.1 Å². The predicted molar refractivity (Wildman–Crippen MR) is 117 cm³/mol. The fraction of sp³-hybridized carbons (Fsp3) is 0.318. The van der Waals surface area contributed by atoms with Crippen LogP contribution >= 0.6 is 11.8 Å². The van der Waals surface area contributed by atoms with Crippen molar-refractivity contribution < 1.29 is 12.9 Å². The Balaban J connectivity index is 1.86. The summed E-state index contributed by atoms with van der Waals surface area (Å²) in [6.07, 6.45) is 0.629. The van der Waals surface area contributed by atoms with Crippen LogP contribution in [0.25, 0.3) is 11.3 Å². The molecule has 0 spiro atoms. The van der Waals surface area contributed by atoms with Crippen LogP contribution in [0.2, 0.25) is 0 Å². The monoisotopic (exact) mass is 428 g/mol. The van der Waals surface area contributed by atoms with Crippen molar-refractivity contribution in [1.82, 2.24) is 5.16 Å². The third-order valence-corrected chi connectivity index (χ3v) is 8.32. The lowest BCUT2D eigenvalue weighted by atomic mass is 10.1. The number of thioether (sulfide) groups is 1. The van der Waals surface area contributed by atoms with Gasteiger partial charge in [-0.25, -0.2) is 8.42 Å². The Morgan fingerprint density at radius 1 is 1.21 bits per heavy atom. The van der Waals surface area contributed by atoms with Crippen molar-refractivity contribution in [2.75, 3.05) is 16.6 Å². The molecule has 2 aromatic carbocycles. The number of benzene rings is 2. The number of hydrogen-bond acceptors (Lipinski definition) is 5. The quantitative estimate of drug-likeness (QED) is 0.575. The molecule has 152 valence electrons. The molecule has 0 fully saturated rings. The third kappa shape index (κ3) is 3.81. The van der Waals surface area contributed by atoms with E-state index >= 15 is 0 Å². The second-order valence-electron chi connectivity index (χ2n) is 7.43. The summed E-state index contributed by atoms with van der Waals surface area (Å²) in [6.45, 7) is 6.37. The maximum atomic E-state index is 13.9. The van der Waals surface area contributed by atoms with Crippen LogP contribution in [0, 0.1) is 12.8 Å². The number of sulfonamides is 1. The highest BCUT2D eigenvalue weighted by atomic mass is 32.2. The minimum atomic E-state index is -3.74. The van der Waals surface area contributed by atoms with Crippen molar-refractivity contribution in [1.29, 1.82) is 0 Å². The van der Waals surface area contributed by atoms with Gasteiger partial charge in [0.15, 0.2) is 5.76 Å². The summed E-state index contributed by atoms with van der Waals surface area (Å²) in [4.78, 5) is 1.33. The number of para-hydroxylation sites is 1. The zero-order valence-corrected chi connectivity index (χ0v) is 18.4. The normalized spacial score (nSPS) is 17.1. The van der Waals surface area contributed by atoms with Crippen LogP contribution in [-0.2, 0) is 16.4 Å². The summed E-state index contributed by atoms with van der Waals surface area (Å²) in [6, 6.07) is 15.1.